The standard InChI is InChI=1S/C22H29BrN2O4S2/c1-24(2)13-15-5-6-16(29-15)14-30-10-8-25-21(26)7-9-31-22(25)17-11-19(27-3)20(28-4)12-18(17)23/h5-6,11-12,22H,7-10,13-14H2,1-4H3. The molecule has 0 radical (unpaired) electrons. The number of thioether (sulfide) groups is 2. The van der Waals surface area contributed by atoms with Gasteiger partial charge < -0.3 is 23.7 Å². The van der Waals surface area contributed by atoms with Gasteiger partial charge in [-0.25, -0.2) is 0 Å². The van der Waals surface area contributed by atoms with E-state index in [9.17, 15) is 4.79 Å². The summed E-state index contributed by atoms with van der Waals surface area (Å²) in [4.78, 5) is 16.8. The lowest BCUT2D eigenvalue weighted by atomic mass is 10.1. The maximum Gasteiger partial charge on any atom is 0.224 e. The predicted octanol–water partition coefficient (Wildman–Crippen LogP) is 5.02. The van der Waals surface area contributed by atoms with E-state index >= 15 is 0 Å². The van der Waals surface area contributed by atoms with E-state index in [1.165, 1.54) is 0 Å². The predicted molar refractivity (Wildman–Crippen MR) is 131 cm³/mol. The summed E-state index contributed by atoms with van der Waals surface area (Å²) in [6.07, 6.45) is 0.572. The van der Waals surface area contributed by atoms with Crippen LogP contribution in [0.15, 0.2) is 33.2 Å². The number of benzene rings is 1. The lowest BCUT2D eigenvalue weighted by molar-refractivity contribution is -0.131. The Kier molecular flexibility index (Phi) is 9.06. The SMILES string of the molecule is COc1cc(Br)c(C2SCCC(=O)N2CCSCc2ccc(CN(C)C)o2)cc1OC. The molecular formula is C22H29BrN2O4S2. The Bertz CT molecular complexity index is 890. The van der Waals surface area contributed by atoms with Gasteiger partial charge >= 0.3 is 0 Å². The van der Waals surface area contributed by atoms with Gasteiger partial charge in [0.2, 0.25) is 5.91 Å². The Balaban J connectivity index is 1.63. The highest BCUT2D eigenvalue weighted by molar-refractivity contribution is 9.10. The zero-order valence-corrected chi connectivity index (χ0v) is 21.6. The summed E-state index contributed by atoms with van der Waals surface area (Å²) < 4.78 is 17.7. The van der Waals surface area contributed by atoms with Crippen LogP contribution in [0.2, 0.25) is 0 Å². The highest BCUT2D eigenvalue weighted by Gasteiger charge is 2.31. The van der Waals surface area contributed by atoms with E-state index in [0.717, 1.165) is 45.4 Å². The van der Waals surface area contributed by atoms with Crippen LogP contribution in [0.1, 0.15) is 28.9 Å². The lowest BCUT2D eigenvalue weighted by Gasteiger charge is -2.36. The highest BCUT2D eigenvalue weighted by Crippen LogP contribution is 2.44. The Morgan fingerprint density at radius 2 is 1.94 bits per heavy atom. The van der Waals surface area contributed by atoms with E-state index in [-0.39, 0.29) is 11.3 Å². The molecule has 1 fully saturated rings. The molecule has 6 nitrogen and oxygen atoms in total. The summed E-state index contributed by atoms with van der Waals surface area (Å²) in [6.45, 7) is 1.49. The second-order valence-electron chi connectivity index (χ2n) is 7.45. The molecule has 0 N–H and O–H groups in total. The average molecular weight is 530 g/mol. The summed E-state index contributed by atoms with van der Waals surface area (Å²) in [6, 6.07) is 7.94. The number of hydrogen-bond donors (Lipinski definition) is 0. The Morgan fingerprint density at radius 1 is 1.23 bits per heavy atom. The van der Waals surface area contributed by atoms with E-state index < -0.39 is 0 Å². The van der Waals surface area contributed by atoms with Crippen LogP contribution in [0.3, 0.4) is 0 Å². The van der Waals surface area contributed by atoms with Crippen molar-refractivity contribution in [2.75, 3.05) is 46.4 Å². The minimum atomic E-state index is -0.0497. The summed E-state index contributed by atoms with van der Waals surface area (Å²) in [5, 5.41) is -0.0497. The molecule has 1 amide bonds. The fourth-order valence-corrected chi connectivity index (χ4v) is 6.22. The van der Waals surface area contributed by atoms with E-state index in [4.69, 9.17) is 13.9 Å². The second-order valence-corrected chi connectivity index (χ2v) is 10.6. The average Bonchev–Trinajstić information content (AvgIpc) is 3.18. The molecule has 0 aliphatic carbocycles. The van der Waals surface area contributed by atoms with Crippen molar-refractivity contribution >= 4 is 45.4 Å². The minimum absolute atomic E-state index is 0.0497. The van der Waals surface area contributed by atoms with Crippen LogP contribution in [0.4, 0.5) is 0 Å². The quantitative estimate of drug-likeness (QED) is 0.401. The van der Waals surface area contributed by atoms with Crippen LogP contribution < -0.4 is 9.47 Å². The molecule has 9 heteroatoms. The molecule has 0 spiro atoms. The molecule has 1 aromatic carbocycles. The fraction of sp³-hybridized carbons (Fsp3) is 0.500. The highest BCUT2D eigenvalue weighted by atomic mass is 79.9. The molecule has 1 saturated heterocycles. The number of rotatable bonds is 10. The van der Waals surface area contributed by atoms with Crippen molar-refractivity contribution in [2.24, 2.45) is 0 Å². The third kappa shape index (κ3) is 6.37. The number of carbonyl (C=O) groups excluding carboxylic acids is 1. The monoisotopic (exact) mass is 528 g/mol. The molecule has 1 aromatic heterocycles. The zero-order chi connectivity index (χ0) is 22.4. The van der Waals surface area contributed by atoms with Crippen LogP contribution in [0.5, 0.6) is 11.5 Å². The van der Waals surface area contributed by atoms with Crippen LogP contribution in [0.25, 0.3) is 0 Å². The smallest absolute Gasteiger partial charge is 0.224 e. The molecule has 170 valence electrons. The van der Waals surface area contributed by atoms with Crippen LogP contribution in [-0.2, 0) is 17.1 Å². The van der Waals surface area contributed by atoms with Gasteiger partial charge in [-0.05, 0) is 38.4 Å². The maximum atomic E-state index is 12.7. The maximum absolute atomic E-state index is 12.7. The topological polar surface area (TPSA) is 55.2 Å². The number of hydrogen-bond acceptors (Lipinski definition) is 7. The summed E-state index contributed by atoms with van der Waals surface area (Å²) in [5.74, 6) is 5.93. The van der Waals surface area contributed by atoms with Crippen molar-refractivity contribution in [3.05, 3.63) is 45.8 Å². The van der Waals surface area contributed by atoms with Crippen molar-refractivity contribution in [3.8, 4) is 11.5 Å². The number of carbonyl (C=O) groups is 1. The van der Waals surface area contributed by atoms with E-state index in [0.29, 0.717) is 24.5 Å². The van der Waals surface area contributed by atoms with Crippen LogP contribution >= 0.6 is 39.5 Å². The molecule has 2 aromatic rings. The third-order valence-electron chi connectivity index (χ3n) is 4.87. The number of ether oxygens (including phenoxy) is 2. The first-order valence-electron chi connectivity index (χ1n) is 10.1. The largest absolute Gasteiger partial charge is 0.493 e. The molecule has 1 unspecified atom stereocenters. The molecule has 0 bridgehead atoms. The van der Waals surface area contributed by atoms with Crippen LogP contribution in [-0.4, -0.2) is 62.1 Å². The zero-order valence-electron chi connectivity index (χ0n) is 18.4. The number of halogens is 1. The van der Waals surface area contributed by atoms with Gasteiger partial charge in [0.15, 0.2) is 11.5 Å². The van der Waals surface area contributed by atoms with Gasteiger partial charge in [0.1, 0.15) is 16.9 Å². The van der Waals surface area contributed by atoms with E-state index in [1.54, 1.807) is 37.7 Å². The van der Waals surface area contributed by atoms with Gasteiger partial charge in [0.25, 0.3) is 0 Å². The molecule has 1 atom stereocenters. The number of amides is 1. The molecule has 0 saturated carbocycles. The molecule has 1 aliphatic heterocycles. The van der Waals surface area contributed by atoms with Gasteiger partial charge in [0, 0.05) is 34.5 Å². The van der Waals surface area contributed by atoms with Gasteiger partial charge in [0.05, 0.1) is 26.5 Å². The lowest BCUT2D eigenvalue weighted by Crippen LogP contribution is -2.38. The Morgan fingerprint density at radius 3 is 2.65 bits per heavy atom. The van der Waals surface area contributed by atoms with E-state index in [2.05, 4.69) is 20.8 Å². The molecule has 31 heavy (non-hydrogen) atoms. The van der Waals surface area contributed by atoms with Crippen molar-refractivity contribution in [1.29, 1.82) is 0 Å². The third-order valence-corrected chi connectivity index (χ3v) is 7.78. The second kappa shape index (κ2) is 11.5. The van der Waals surface area contributed by atoms with Gasteiger partial charge in [-0.2, -0.15) is 11.8 Å². The Hall–Kier alpha value is -1.29. The van der Waals surface area contributed by atoms with E-state index in [1.807, 2.05) is 43.3 Å². The number of methoxy groups -OCH3 is 2. The molecule has 1 aliphatic rings. The van der Waals surface area contributed by atoms with Gasteiger partial charge in [-0.15, -0.1) is 11.8 Å². The van der Waals surface area contributed by atoms with Crippen molar-refractivity contribution < 1.29 is 18.7 Å². The molecule has 3 rings (SSSR count). The van der Waals surface area contributed by atoms with Crippen molar-refractivity contribution in [2.45, 2.75) is 24.1 Å². The van der Waals surface area contributed by atoms with Crippen LogP contribution in [0, 0.1) is 0 Å². The normalized spacial score (nSPS) is 16.8. The first kappa shape index (κ1) is 24.4. The summed E-state index contributed by atoms with van der Waals surface area (Å²) in [5.41, 5.74) is 1.03. The minimum Gasteiger partial charge on any atom is -0.493 e. The molecule has 2 heterocycles. The number of furan rings is 1. The first-order valence-corrected chi connectivity index (χ1v) is 13.0. The summed E-state index contributed by atoms with van der Waals surface area (Å²) >= 11 is 7.23. The Labute approximate surface area is 201 Å². The molecular weight excluding hydrogens is 500 g/mol. The first-order chi connectivity index (χ1) is 14.9. The van der Waals surface area contributed by atoms with Gasteiger partial charge in [-0.3, -0.25) is 4.79 Å². The number of nitrogens with zero attached hydrogens (tertiary/aromatic N) is 2. The van der Waals surface area contributed by atoms with Crippen molar-refractivity contribution in [1.82, 2.24) is 9.80 Å². The fourth-order valence-electron chi connectivity index (χ4n) is 3.41. The van der Waals surface area contributed by atoms with Gasteiger partial charge in [-0.1, -0.05) is 15.9 Å². The summed E-state index contributed by atoms with van der Waals surface area (Å²) in [7, 11) is 7.30. The van der Waals surface area contributed by atoms with Crippen molar-refractivity contribution in [3.63, 3.8) is 0 Å².